The molecule has 0 saturated heterocycles. The maximum atomic E-state index is 6.34. The van der Waals surface area contributed by atoms with Gasteiger partial charge in [-0.25, -0.2) is 0 Å². The van der Waals surface area contributed by atoms with Crippen LogP contribution < -0.4 is 4.74 Å². The summed E-state index contributed by atoms with van der Waals surface area (Å²) in [5.74, 6) is 0.911. The molecule has 0 spiro atoms. The molecule has 1 unspecified atom stereocenters. The molecule has 0 heterocycles. The van der Waals surface area contributed by atoms with Crippen molar-refractivity contribution in [1.82, 2.24) is 0 Å². The highest BCUT2D eigenvalue weighted by atomic mass is 127. The van der Waals surface area contributed by atoms with Gasteiger partial charge in [-0.1, -0.05) is 55.5 Å². The first-order chi connectivity index (χ1) is 14.7. The van der Waals surface area contributed by atoms with Gasteiger partial charge in [0, 0.05) is 3.57 Å². The number of benzene rings is 4. The zero-order valence-corrected chi connectivity index (χ0v) is 19.8. The van der Waals surface area contributed by atoms with E-state index in [1.54, 1.807) is 0 Å². The Morgan fingerprint density at radius 1 is 0.667 bits per heavy atom. The summed E-state index contributed by atoms with van der Waals surface area (Å²) >= 11 is 2.33. The molecule has 30 heavy (non-hydrogen) atoms. The molecule has 0 amide bonds. The summed E-state index contributed by atoms with van der Waals surface area (Å²) in [4.78, 5) is 3.94. The van der Waals surface area contributed by atoms with E-state index in [2.05, 4.69) is 139 Å². The summed E-state index contributed by atoms with van der Waals surface area (Å²) in [5, 5.41) is 0. The average molecular weight is 523 g/mol. The Morgan fingerprint density at radius 2 is 1.17 bits per heavy atom. The van der Waals surface area contributed by atoms with Crippen LogP contribution in [0.25, 0.3) is 0 Å². The van der Waals surface area contributed by atoms with E-state index in [9.17, 15) is 0 Å². The monoisotopic (exact) mass is 523 g/mol. The van der Waals surface area contributed by atoms with Gasteiger partial charge < -0.3 is 4.74 Å². The number of hydrogen-bond acceptors (Lipinski definition) is 1. The number of ether oxygens (including phenoxy) is 1. The van der Waals surface area contributed by atoms with Crippen LogP contribution in [0, 0.1) is 3.57 Å². The van der Waals surface area contributed by atoms with Crippen molar-refractivity contribution in [2.24, 2.45) is 0 Å². The summed E-state index contributed by atoms with van der Waals surface area (Å²) in [6, 6.07) is 38.7. The van der Waals surface area contributed by atoms with Crippen molar-refractivity contribution in [1.29, 1.82) is 0 Å². The normalized spacial score (nSPS) is 12.0. The van der Waals surface area contributed by atoms with Crippen molar-refractivity contribution in [2.45, 2.75) is 34.1 Å². The summed E-state index contributed by atoms with van der Waals surface area (Å²) < 4.78 is 7.58. The molecule has 1 nitrogen and oxygen atoms in total. The van der Waals surface area contributed by atoms with Gasteiger partial charge in [0.05, 0.1) is 10.9 Å². The molecule has 0 saturated carbocycles. The number of halogens is 1. The van der Waals surface area contributed by atoms with Gasteiger partial charge in [-0.2, -0.15) is 0 Å². The molecule has 0 aliphatic heterocycles. The van der Waals surface area contributed by atoms with Crippen molar-refractivity contribution < 1.29 is 4.74 Å². The van der Waals surface area contributed by atoms with Crippen molar-refractivity contribution >= 4 is 33.5 Å². The molecule has 4 rings (SSSR count). The van der Waals surface area contributed by atoms with Gasteiger partial charge >= 0.3 is 0 Å². The molecule has 150 valence electrons. The zero-order chi connectivity index (χ0) is 20.8. The first-order valence-electron chi connectivity index (χ1n) is 10.1. The molecule has 4 aromatic carbocycles. The van der Waals surface area contributed by atoms with Gasteiger partial charge in [0.1, 0.15) is 11.9 Å². The first-order valence-corrected chi connectivity index (χ1v) is 12.4. The topological polar surface area (TPSA) is 9.23 Å². The summed E-state index contributed by atoms with van der Waals surface area (Å²) in [7, 11) is -0.132. The average Bonchev–Trinajstić information content (AvgIpc) is 2.81. The molecule has 0 bridgehead atoms. The minimum absolute atomic E-state index is 0.0642. The highest BCUT2D eigenvalue weighted by Crippen LogP contribution is 2.33. The highest BCUT2D eigenvalue weighted by Gasteiger charge is 2.28. The molecule has 0 fully saturated rings. The van der Waals surface area contributed by atoms with Crippen molar-refractivity contribution in [3.05, 3.63) is 118 Å². The molecule has 0 N–H and O–H groups in total. The van der Waals surface area contributed by atoms with E-state index in [4.69, 9.17) is 4.74 Å². The Kier molecular flexibility index (Phi) is 7.13. The van der Waals surface area contributed by atoms with Crippen LogP contribution in [0.1, 0.15) is 25.0 Å². The minimum atomic E-state index is -0.132. The van der Waals surface area contributed by atoms with Crippen LogP contribution in [0.3, 0.4) is 0 Å². The van der Waals surface area contributed by atoms with E-state index < -0.39 is 0 Å². The van der Waals surface area contributed by atoms with Crippen LogP contribution in [-0.4, -0.2) is 0 Å². The molecular formula is C27H24IOS+. The Labute approximate surface area is 195 Å². The fraction of sp³-hybridized carbons (Fsp3) is 0.111. The van der Waals surface area contributed by atoms with Crippen molar-refractivity contribution in [2.75, 3.05) is 0 Å². The van der Waals surface area contributed by atoms with E-state index >= 15 is 0 Å². The Balaban J connectivity index is 1.60. The Morgan fingerprint density at radius 3 is 1.67 bits per heavy atom. The number of rotatable bonds is 7. The molecule has 0 aromatic heterocycles. The molecule has 4 aromatic rings. The standard InChI is InChI=1S/C27H24IOS/c1-2-27(21-13-15-22(28)16-14-21)29-23-17-19-26(20-18-23)30(24-9-5-3-6-10-24)25-11-7-4-8-12-25/h3-20,27H,2H2,1H3/q+1. The van der Waals surface area contributed by atoms with Crippen molar-refractivity contribution in [3.8, 4) is 5.75 Å². The van der Waals surface area contributed by atoms with Crippen LogP contribution in [0.5, 0.6) is 5.75 Å². The molecule has 0 radical (unpaired) electrons. The quantitative estimate of drug-likeness (QED) is 0.177. The summed E-state index contributed by atoms with van der Waals surface area (Å²) in [6.45, 7) is 2.17. The third-order valence-electron chi connectivity index (χ3n) is 4.91. The maximum absolute atomic E-state index is 6.34. The zero-order valence-electron chi connectivity index (χ0n) is 16.9. The molecule has 1 atom stereocenters. The van der Waals surface area contributed by atoms with Gasteiger partial charge in [-0.05, 0) is 95.2 Å². The second kappa shape index (κ2) is 10.2. The van der Waals surface area contributed by atoms with Gasteiger partial charge in [0.2, 0.25) is 0 Å². The van der Waals surface area contributed by atoms with Crippen LogP contribution in [0.15, 0.2) is 124 Å². The van der Waals surface area contributed by atoms with Gasteiger partial charge in [-0.3, -0.25) is 0 Å². The maximum Gasteiger partial charge on any atom is 0.166 e. The summed E-state index contributed by atoms with van der Waals surface area (Å²) in [5.41, 5.74) is 1.22. The van der Waals surface area contributed by atoms with Gasteiger partial charge in [-0.15, -0.1) is 0 Å². The van der Waals surface area contributed by atoms with Crippen LogP contribution in [0.2, 0.25) is 0 Å². The Bertz CT molecular complexity index is 1010. The third-order valence-corrected chi connectivity index (χ3v) is 7.86. The lowest BCUT2D eigenvalue weighted by atomic mass is 10.1. The second-order valence-corrected chi connectivity index (χ2v) is 10.2. The lowest BCUT2D eigenvalue weighted by Gasteiger charge is -2.18. The molecule has 0 aliphatic rings. The SMILES string of the molecule is CCC(Oc1ccc([S+](c2ccccc2)c2ccccc2)cc1)c1ccc(I)cc1. The predicted molar refractivity (Wildman–Crippen MR) is 134 cm³/mol. The van der Waals surface area contributed by atoms with Crippen LogP contribution >= 0.6 is 22.6 Å². The second-order valence-electron chi connectivity index (χ2n) is 6.97. The fourth-order valence-corrected chi connectivity index (χ4v) is 5.85. The lowest BCUT2D eigenvalue weighted by Crippen LogP contribution is -2.07. The molecule has 0 aliphatic carbocycles. The van der Waals surface area contributed by atoms with Gasteiger partial charge in [0.15, 0.2) is 14.7 Å². The lowest BCUT2D eigenvalue weighted by molar-refractivity contribution is 0.201. The van der Waals surface area contributed by atoms with E-state index in [-0.39, 0.29) is 17.0 Å². The number of hydrogen-bond donors (Lipinski definition) is 0. The highest BCUT2D eigenvalue weighted by molar-refractivity contribution is 14.1. The minimum Gasteiger partial charge on any atom is -0.486 e. The van der Waals surface area contributed by atoms with Crippen LogP contribution in [-0.2, 0) is 10.9 Å². The fourth-order valence-electron chi connectivity index (χ4n) is 3.40. The summed E-state index contributed by atoms with van der Waals surface area (Å²) in [6.07, 6.45) is 0.996. The predicted octanol–water partition coefficient (Wildman–Crippen LogP) is 7.92. The van der Waals surface area contributed by atoms with E-state index in [1.165, 1.54) is 23.8 Å². The van der Waals surface area contributed by atoms with Crippen LogP contribution in [0.4, 0.5) is 0 Å². The third kappa shape index (κ3) is 5.08. The van der Waals surface area contributed by atoms with Gasteiger partial charge in [0.25, 0.3) is 0 Å². The first kappa shape index (κ1) is 21.0. The Hall–Kier alpha value is -2.24. The van der Waals surface area contributed by atoms with E-state index in [0.29, 0.717) is 0 Å². The smallest absolute Gasteiger partial charge is 0.166 e. The molecule has 3 heteroatoms. The van der Waals surface area contributed by atoms with E-state index in [1.807, 2.05) is 0 Å². The molecular weight excluding hydrogens is 499 g/mol. The van der Waals surface area contributed by atoms with E-state index in [0.717, 1.165) is 12.2 Å². The largest absolute Gasteiger partial charge is 0.486 e. The van der Waals surface area contributed by atoms with Crippen molar-refractivity contribution in [3.63, 3.8) is 0 Å².